The van der Waals surface area contributed by atoms with Crippen molar-refractivity contribution in [2.24, 2.45) is 0 Å². The standard InChI is InChI=1S/C13H13N5O6S/c1-8-7-11(24-2)15-12(14-8)16-13(19)17-25(22,23)10-6-4-3-5-9(10)18(20)21/h3-7H,1-2H3,(H2,14,15,16,17,19). The topological polar surface area (TPSA) is 153 Å². The van der Waals surface area contributed by atoms with Crippen LogP contribution in [-0.2, 0) is 10.0 Å². The second-order valence-corrected chi connectivity index (χ2v) is 6.31. The minimum Gasteiger partial charge on any atom is -0.481 e. The lowest BCUT2D eigenvalue weighted by Gasteiger charge is -2.09. The molecule has 0 atom stereocenters. The monoisotopic (exact) mass is 367 g/mol. The third-order valence-electron chi connectivity index (χ3n) is 2.84. The maximum Gasteiger partial charge on any atom is 0.335 e. The highest BCUT2D eigenvalue weighted by atomic mass is 32.2. The Bertz CT molecular complexity index is 930. The van der Waals surface area contributed by atoms with Crippen LogP contribution in [0.5, 0.6) is 5.88 Å². The molecule has 25 heavy (non-hydrogen) atoms. The van der Waals surface area contributed by atoms with Crippen LogP contribution in [0.25, 0.3) is 0 Å². The van der Waals surface area contributed by atoms with Gasteiger partial charge in [0.25, 0.3) is 15.7 Å². The Morgan fingerprint density at radius 2 is 1.96 bits per heavy atom. The van der Waals surface area contributed by atoms with Gasteiger partial charge in [0.1, 0.15) is 0 Å². The van der Waals surface area contributed by atoms with E-state index in [0.29, 0.717) is 5.69 Å². The number of nitrogens with zero attached hydrogens (tertiary/aromatic N) is 3. The van der Waals surface area contributed by atoms with Gasteiger partial charge in [0, 0.05) is 17.8 Å². The fraction of sp³-hybridized carbons (Fsp3) is 0.154. The van der Waals surface area contributed by atoms with Crippen LogP contribution in [0.1, 0.15) is 5.69 Å². The molecule has 0 saturated carbocycles. The first-order valence-electron chi connectivity index (χ1n) is 6.70. The molecule has 132 valence electrons. The molecule has 12 heteroatoms. The minimum absolute atomic E-state index is 0.171. The van der Waals surface area contributed by atoms with E-state index in [1.165, 1.54) is 25.3 Å². The number of carbonyl (C=O) groups excluding carboxylic acids is 1. The summed E-state index contributed by atoms with van der Waals surface area (Å²) in [7, 11) is -3.11. The minimum atomic E-state index is -4.47. The number of anilines is 1. The second kappa shape index (κ2) is 7.09. The molecular formula is C13H13N5O6S. The smallest absolute Gasteiger partial charge is 0.335 e. The van der Waals surface area contributed by atoms with E-state index in [9.17, 15) is 23.3 Å². The van der Waals surface area contributed by atoms with E-state index in [2.05, 4.69) is 15.3 Å². The summed E-state index contributed by atoms with van der Waals surface area (Å²) in [6.45, 7) is 1.62. The average Bonchev–Trinajstić information content (AvgIpc) is 2.53. The summed E-state index contributed by atoms with van der Waals surface area (Å²) in [5.74, 6) is -0.0172. The zero-order chi connectivity index (χ0) is 18.6. The predicted molar refractivity (Wildman–Crippen MR) is 85.8 cm³/mol. The quantitative estimate of drug-likeness (QED) is 0.590. The Morgan fingerprint density at radius 1 is 1.28 bits per heavy atom. The van der Waals surface area contributed by atoms with E-state index in [-0.39, 0.29) is 11.8 Å². The lowest BCUT2D eigenvalue weighted by Crippen LogP contribution is -2.35. The van der Waals surface area contributed by atoms with E-state index in [1.54, 1.807) is 11.6 Å². The summed E-state index contributed by atoms with van der Waals surface area (Å²) in [6.07, 6.45) is 0. The van der Waals surface area contributed by atoms with Crippen molar-refractivity contribution in [2.45, 2.75) is 11.8 Å². The fourth-order valence-corrected chi connectivity index (χ4v) is 2.92. The van der Waals surface area contributed by atoms with Crippen molar-refractivity contribution in [2.75, 3.05) is 12.4 Å². The van der Waals surface area contributed by atoms with Gasteiger partial charge in [0.05, 0.1) is 12.0 Å². The third kappa shape index (κ3) is 4.38. The van der Waals surface area contributed by atoms with Crippen molar-refractivity contribution in [3.8, 4) is 5.88 Å². The molecule has 2 rings (SSSR count). The van der Waals surface area contributed by atoms with E-state index in [4.69, 9.17) is 4.74 Å². The van der Waals surface area contributed by atoms with Crippen LogP contribution < -0.4 is 14.8 Å². The van der Waals surface area contributed by atoms with Crippen LogP contribution in [0.4, 0.5) is 16.4 Å². The number of para-hydroxylation sites is 1. The maximum atomic E-state index is 12.2. The Morgan fingerprint density at radius 3 is 2.60 bits per heavy atom. The Kier molecular flexibility index (Phi) is 5.12. The number of ether oxygens (including phenoxy) is 1. The van der Waals surface area contributed by atoms with E-state index in [1.807, 2.05) is 0 Å². The van der Waals surface area contributed by atoms with Crippen LogP contribution in [0.2, 0.25) is 0 Å². The number of carbonyl (C=O) groups is 1. The first kappa shape index (κ1) is 18.1. The summed E-state index contributed by atoms with van der Waals surface area (Å²) in [4.78, 5) is 29.1. The molecule has 2 N–H and O–H groups in total. The van der Waals surface area contributed by atoms with Gasteiger partial charge < -0.3 is 4.74 Å². The van der Waals surface area contributed by atoms with Gasteiger partial charge in [-0.15, -0.1) is 0 Å². The molecule has 0 aliphatic carbocycles. The highest BCUT2D eigenvalue weighted by molar-refractivity contribution is 7.90. The molecule has 2 aromatic rings. The Balaban J connectivity index is 2.23. The Labute approximate surface area is 142 Å². The number of nitro groups is 1. The summed E-state index contributed by atoms with van der Waals surface area (Å²) in [5, 5.41) is 13.1. The normalized spacial score (nSPS) is 10.8. The molecule has 1 heterocycles. The zero-order valence-electron chi connectivity index (χ0n) is 13.1. The predicted octanol–water partition coefficient (Wildman–Crippen LogP) is 1.21. The van der Waals surface area contributed by atoms with Crippen LogP contribution in [0.15, 0.2) is 35.2 Å². The summed E-state index contributed by atoms with van der Waals surface area (Å²) < 4.78 is 31.0. The molecule has 0 radical (unpaired) electrons. The molecule has 0 aliphatic heterocycles. The van der Waals surface area contributed by atoms with Gasteiger partial charge in [-0.25, -0.2) is 22.9 Å². The number of urea groups is 1. The number of rotatable bonds is 5. The number of benzene rings is 1. The van der Waals surface area contributed by atoms with Gasteiger partial charge in [0.15, 0.2) is 4.90 Å². The van der Waals surface area contributed by atoms with Gasteiger partial charge in [-0.05, 0) is 13.0 Å². The second-order valence-electron chi connectivity index (χ2n) is 4.66. The third-order valence-corrected chi connectivity index (χ3v) is 4.22. The number of nitro benzene ring substituents is 1. The molecule has 0 fully saturated rings. The first-order valence-corrected chi connectivity index (χ1v) is 8.18. The molecule has 0 saturated heterocycles. The number of aryl methyl sites for hydroxylation is 1. The van der Waals surface area contributed by atoms with Crippen LogP contribution in [0, 0.1) is 17.0 Å². The largest absolute Gasteiger partial charge is 0.481 e. The summed E-state index contributed by atoms with van der Waals surface area (Å²) in [6, 6.07) is 4.97. The van der Waals surface area contributed by atoms with Gasteiger partial charge in [-0.3, -0.25) is 15.4 Å². The van der Waals surface area contributed by atoms with Gasteiger partial charge in [0.2, 0.25) is 11.8 Å². The number of nitrogens with one attached hydrogen (secondary N) is 2. The van der Waals surface area contributed by atoms with Gasteiger partial charge in [-0.2, -0.15) is 4.98 Å². The molecule has 1 aromatic carbocycles. The van der Waals surface area contributed by atoms with E-state index < -0.39 is 31.6 Å². The van der Waals surface area contributed by atoms with E-state index >= 15 is 0 Å². The van der Waals surface area contributed by atoms with Crippen molar-refractivity contribution >= 4 is 27.7 Å². The number of amides is 2. The molecule has 0 unspecified atom stereocenters. The van der Waals surface area contributed by atoms with Crippen LogP contribution in [-0.4, -0.2) is 36.4 Å². The molecule has 11 nitrogen and oxygen atoms in total. The number of hydrogen-bond donors (Lipinski definition) is 2. The SMILES string of the molecule is COc1cc(C)nc(NC(=O)NS(=O)(=O)c2ccccc2[N+](=O)[O-])n1. The van der Waals surface area contributed by atoms with Crippen molar-refractivity contribution in [3.05, 3.63) is 46.1 Å². The highest BCUT2D eigenvalue weighted by Gasteiger charge is 2.27. The summed E-state index contributed by atoms with van der Waals surface area (Å²) >= 11 is 0. The van der Waals surface area contributed by atoms with Gasteiger partial charge in [-0.1, -0.05) is 12.1 Å². The number of methoxy groups -OCH3 is 1. The molecule has 0 bridgehead atoms. The molecule has 2 amide bonds. The zero-order valence-corrected chi connectivity index (χ0v) is 13.9. The Hall–Kier alpha value is -3.28. The van der Waals surface area contributed by atoms with Crippen molar-refractivity contribution < 1.29 is 22.9 Å². The molecule has 0 spiro atoms. The number of aromatic nitrogens is 2. The molecule has 1 aromatic heterocycles. The summed E-state index contributed by atoms with van der Waals surface area (Å²) in [5.41, 5.74) is -0.181. The lowest BCUT2D eigenvalue weighted by molar-refractivity contribution is -0.387. The van der Waals surface area contributed by atoms with E-state index in [0.717, 1.165) is 12.1 Å². The van der Waals surface area contributed by atoms with Crippen molar-refractivity contribution in [1.29, 1.82) is 0 Å². The average molecular weight is 367 g/mol. The van der Waals surface area contributed by atoms with Gasteiger partial charge >= 0.3 is 6.03 Å². The van der Waals surface area contributed by atoms with Crippen LogP contribution in [0.3, 0.4) is 0 Å². The van der Waals surface area contributed by atoms with Crippen LogP contribution >= 0.6 is 0 Å². The lowest BCUT2D eigenvalue weighted by atomic mass is 10.3. The number of sulfonamides is 1. The van der Waals surface area contributed by atoms with Crippen molar-refractivity contribution in [3.63, 3.8) is 0 Å². The van der Waals surface area contributed by atoms with Crippen molar-refractivity contribution in [1.82, 2.24) is 14.7 Å². The highest BCUT2D eigenvalue weighted by Crippen LogP contribution is 2.22. The molecular weight excluding hydrogens is 354 g/mol. The number of hydrogen-bond acceptors (Lipinski definition) is 8. The fourth-order valence-electron chi connectivity index (χ4n) is 1.84. The maximum absolute atomic E-state index is 12.2. The molecule has 0 aliphatic rings. The first-order chi connectivity index (χ1) is 11.7.